The van der Waals surface area contributed by atoms with Crippen LogP contribution >= 0.6 is 23.2 Å². The van der Waals surface area contributed by atoms with Gasteiger partial charge in [0.2, 0.25) is 0 Å². The first-order valence-corrected chi connectivity index (χ1v) is 7.24. The number of ether oxygens (including phenoxy) is 1. The van der Waals surface area contributed by atoms with Gasteiger partial charge in [0.15, 0.2) is 0 Å². The molecule has 0 amide bonds. The highest BCUT2D eigenvalue weighted by molar-refractivity contribution is 6.35. The summed E-state index contributed by atoms with van der Waals surface area (Å²) in [5.41, 5.74) is 3.34. The van der Waals surface area contributed by atoms with Gasteiger partial charge in [-0.1, -0.05) is 47.5 Å². The van der Waals surface area contributed by atoms with Gasteiger partial charge in [-0.25, -0.2) is 0 Å². The first kappa shape index (κ1) is 13.7. The third kappa shape index (κ3) is 2.51. The van der Waals surface area contributed by atoms with Gasteiger partial charge in [0.1, 0.15) is 5.75 Å². The fourth-order valence-corrected chi connectivity index (χ4v) is 3.18. The molecule has 1 N–H and O–H groups in total. The standard InChI is InChI=1S/C16H14Cl2O2/c17-13-6-11(8-19)16(15(18)7-13)20-9-12-5-10-3-1-2-4-14(10)12/h1-4,6-7,12,19H,5,8-9H2. The van der Waals surface area contributed by atoms with Gasteiger partial charge < -0.3 is 9.84 Å². The van der Waals surface area contributed by atoms with E-state index >= 15 is 0 Å². The predicted molar refractivity (Wildman–Crippen MR) is 80.8 cm³/mol. The molecule has 0 bridgehead atoms. The Hall–Kier alpha value is -1.22. The first-order chi connectivity index (χ1) is 9.69. The minimum atomic E-state index is -0.142. The van der Waals surface area contributed by atoms with E-state index in [1.54, 1.807) is 12.1 Å². The summed E-state index contributed by atoms with van der Waals surface area (Å²) in [6.45, 7) is 0.419. The molecule has 0 aliphatic heterocycles. The molecule has 0 saturated carbocycles. The van der Waals surface area contributed by atoms with Crippen molar-refractivity contribution >= 4 is 23.2 Å². The van der Waals surface area contributed by atoms with Crippen LogP contribution in [0.4, 0.5) is 0 Å². The van der Waals surface area contributed by atoms with Crippen LogP contribution in [0.1, 0.15) is 22.6 Å². The molecule has 1 unspecified atom stereocenters. The summed E-state index contributed by atoms with van der Waals surface area (Å²) >= 11 is 12.1. The Kier molecular flexibility index (Phi) is 3.88. The van der Waals surface area contributed by atoms with Gasteiger partial charge in [0.25, 0.3) is 0 Å². The number of halogens is 2. The van der Waals surface area contributed by atoms with E-state index in [1.165, 1.54) is 11.1 Å². The van der Waals surface area contributed by atoms with Crippen LogP contribution in [0.15, 0.2) is 36.4 Å². The van der Waals surface area contributed by atoms with Gasteiger partial charge in [0.05, 0.1) is 18.2 Å². The summed E-state index contributed by atoms with van der Waals surface area (Å²) < 4.78 is 5.82. The first-order valence-electron chi connectivity index (χ1n) is 6.48. The van der Waals surface area contributed by atoms with E-state index in [0.717, 1.165) is 6.42 Å². The maximum absolute atomic E-state index is 9.36. The van der Waals surface area contributed by atoms with Crippen LogP contribution in [0, 0.1) is 0 Å². The molecule has 0 spiro atoms. The molecule has 1 aliphatic carbocycles. The lowest BCUT2D eigenvalue weighted by Gasteiger charge is -2.30. The lowest BCUT2D eigenvalue weighted by atomic mass is 9.78. The zero-order valence-corrected chi connectivity index (χ0v) is 12.3. The zero-order valence-electron chi connectivity index (χ0n) is 10.8. The quantitative estimate of drug-likeness (QED) is 0.917. The van der Waals surface area contributed by atoms with Gasteiger partial charge in [-0.2, -0.15) is 0 Å². The molecule has 0 radical (unpaired) electrons. The Morgan fingerprint density at radius 2 is 2.00 bits per heavy atom. The molecule has 1 atom stereocenters. The lowest BCUT2D eigenvalue weighted by molar-refractivity contribution is 0.248. The summed E-state index contributed by atoms with van der Waals surface area (Å²) in [4.78, 5) is 0. The van der Waals surface area contributed by atoms with E-state index in [1.807, 2.05) is 6.07 Å². The van der Waals surface area contributed by atoms with Crippen molar-refractivity contribution < 1.29 is 9.84 Å². The van der Waals surface area contributed by atoms with Gasteiger partial charge in [-0.3, -0.25) is 0 Å². The number of fused-ring (bicyclic) bond motifs is 1. The molecule has 2 nitrogen and oxygen atoms in total. The van der Waals surface area contributed by atoms with Gasteiger partial charge in [0, 0.05) is 16.5 Å². The minimum absolute atomic E-state index is 0.142. The second kappa shape index (κ2) is 5.65. The second-order valence-electron chi connectivity index (χ2n) is 4.94. The van der Waals surface area contributed by atoms with Crippen molar-refractivity contribution in [2.45, 2.75) is 18.9 Å². The summed E-state index contributed by atoms with van der Waals surface area (Å²) in [7, 11) is 0. The van der Waals surface area contributed by atoms with Gasteiger partial charge in [-0.05, 0) is 29.7 Å². The number of hydrogen-bond acceptors (Lipinski definition) is 2. The number of hydrogen-bond donors (Lipinski definition) is 1. The van der Waals surface area contributed by atoms with E-state index in [0.29, 0.717) is 33.9 Å². The van der Waals surface area contributed by atoms with Crippen molar-refractivity contribution in [3.8, 4) is 5.75 Å². The third-order valence-corrected chi connectivity index (χ3v) is 4.14. The molecule has 1 aliphatic rings. The SMILES string of the molecule is OCc1cc(Cl)cc(Cl)c1OCC1Cc2ccccc21. The van der Waals surface area contributed by atoms with E-state index in [4.69, 9.17) is 27.9 Å². The van der Waals surface area contributed by atoms with Gasteiger partial charge >= 0.3 is 0 Å². The number of aliphatic hydroxyl groups is 1. The number of benzene rings is 2. The monoisotopic (exact) mass is 308 g/mol. The van der Waals surface area contributed by atoms with Gasteiger partial charge in [-0.15, -0.1) is 0 Å². The molecule has 0 saturated heterocycles. The van der Waals surface area contributed by atoms with E-state index in [2.05, 4.69) is 18.2 Å². The van der Waals surface area contributed by atoms with Crippen LogP contribution in [0.5, 0.6) is 5.75 Å². The smallest absolute Gasteiger partial charge is 0.143 e. The molecule has 20 heavy (non-hydrogen) atoms. The summed E-state index contributed by atoms with van der Waals surface area (Å²) in [6, 6.07) is 11.7. The van der Waals surface area contributed by atoms with Crippen LogP contribution in [0.3, 0.4) is 0 Å². The molecule has 4 heteroatoms. The van der Waals surface area contributed by atoms with Crippen molar-refractivity contribution in [2.24, 2.45) is 0 Å². The molecule has 2 aromatic carbocycles. The fourth-order valence-electron chi connectivity index (χ4n) is 2.59. The van der Waals surface area contributed by atoms with Crippen LogP contribution in [-0.4, -0.2) is 11.7 Å². The largest absolute Gasteiger partial charge is 0.491 e. The van der Waals surface area contributed by atoms with Crippen molar-refractivity contribution in [2.75, 3.05) is 6.61 Å². The molecule has 3 rings (SSSR count). The fraction of sp³-hybridized carbons (Fsp3) is 0.250. The molecule has 0 aromatic heterocycles. The number of rotatable bonds is 4. The Morgan fingerprint density at radius 3 is 2.75 bits per heavy atom. The average Bonchev–Trinajstić information content (AvgIpc) is 2.41. The molecule has 0 fully saturated rings. The highest BCUT2D eigenvalue weighted by Crippen LogP contribution is 2.37. The van der Waals surface area contributed by atoms with Crippen LogP contribution < -0.4 is 4.74 Å². The molecule has 2 aromatic rings. The minimum Gasteiger partial charge on any atom is -0.491 e. The van der Waals surface area contributed by atoms with Crippen LogP contribution in [-0.2, 0) is 13.0 Å². The van der Waals surface area contributed by atoms with Crippen molar-refractivity contribution in [3.05, 3.63) is 63.1 Å². The zero-order chi connectivity index (χ0) is 14.1. The summed E-state index contributed by atoms with van der Waals surface area (Å²) in [6.07, 6.45) is 1.02. The summed E-state index contributed by atoms with van der Waals surface area (Å²) in [5, 5.41) is 10.3. The third-order valence-electron chi connectivity index (χ3n) is 3.65. The maximum Gasteiger partial charge on any atom is 0.143 e. The lowest BCUT2D eigenvalue weighted by Crippen LogP contribution is -2.23. The normalized spacial score (nSPS) is 16.4. The average molecular weight is 309 g/mol. The molecule has 104 valence electrons. The van der Waals surface area contributed by atoms with E-state index in [9.17, 15) is 5.11 Å². The second-order valence-corrected chi connectivity index (χ2v) is 5.79. The molecule has 0 heterocycles. The van der Waals surface area contributed by atoms with Crippen molar-refractivity contribution in [1.82, 2.24) is 0 Å². The highest BCUT2D eigenvalue weighted by atomic mass is 35.5. The Labute approximate surface area is 127 Å². The van der Waals surface area contributed by atoms with Crippen molar-refractivity contribution in [3.63, 3.8) is 0 Å². The van der Waals surface area contributed by atoms with Crippen LogP contribution in [0.25, 0.3) is 0 Å². The Morgan fingerprint density at radius 1 is 1.20 bits per heavy atom. The van der Waals surface area contributed by atoms with E-state index < -0.39 is 0 Å². The topological polar surface area (TPSA) is 29.5 Å². The maximum atomic E-state index is 9.36. The Bertz CT molecular complexity index is 640. The predicted octanol–water partition coefficient (Wildman–Crippen LogP) is 4.20. The summed E-state index contributed by atoms with van der Waals surface area (Å²) in [5.74, 6) is 0.924. The van der Waals surface area contributed by atoms with E-state index in [-0.39, 0.29) is 6.61 Å². The highest BCUT2D eigenvalue weighted by Gasteiger charge is 2.26. The molecular formula is C16H14Cl2O2. The molecular weight excluding hydrogens is 295 g/mol. The van der Waals surface area contributed by atoms with Crippen molar-refractivity contribution in [1.29, 1.82) is 0 Å². The number of aliphatic hydroxyl groups excluding tert-OH is 1. The van der Waals surface area contributed by atoms with Crippen LogP contribution in [0.2, 0.25) is 10.0 Å². The Balaban J connectivity index is 1.74.